The van der Waals surface area contributed by atoms with Gasteiger partial charge in [0.1, 0.15) is 0 Å². The van der Waals surface area contributed by atoms with Gasteiger partial charge in [-0.25, -0.2) is 0 Å². The maximum absolute atomic E-state index is 12.2. The molecule has 3 heterocycles. The van der Waals surface area contributed by atoms with Crippen LogP contribution in [0, 0.1) is 5.41 Å². The lowest BCUT2D eigenvalue weighted by molar-refractivity contribution is -0.184. The van der Waals surface area contributed by atoms with Gasteiger partial charge in [-0.3, -0.25) is 9.59 Å². The molecule has 0 aromatic carbocycles. The molecule has 0 saturated carbocycles. The average molecular weight is 220 g/mol. The van der Waals surface area contributed by atoms with E-state index in [4.69, 9.17) is 9.47 Å². The molecule has 0 aromatic heterocycles. The summed E-state index contributed by atoms with van der Waals surface area (Å²) >= 11 is 0. The zero-order valence-corrected chi connectivity index (χ0v) is 9.10. The van der Waals surface area contributed by atoms with E-state index in [1.54, 1.807) is 19.1 Å². The van der Waals surface area contributed by atoms with E-state index in [1.807, 2.05) is 6.92 Å². The van der Waals surface area contributed by atoms with Crippen LogP contribution in [0.4, 0.5) is 0 Å². The van der Waals surface area contributed by atoms with Crippen molar-refractivity contribution in [3.8, 4) is 0 Å². The Bertz CT molecular complexity index is 448. The molecule has 3 rings (SSSR count). The molecular weight excluding hydrogens is 208 g/mol. The molecule has 1 saturated heterocycles. The van der Waals surface area contributed by atoms with Gasteiger partial charge in [0.15, 0.2) is 23.8 Å². The Hall–Kier alpha value is -1.42. The fourth-order valence-corrected chi connectivity index (χ4v) is 2.48. The van der Waals surface area contributed by atoms with E-state index in [9.17, 15) is 9.59 Å². The monoisotopic (exact) mass is 220 g/mol. The lowest BCUT2D eigenvalue weighted by Crippen LogP contribution is -2.62. The Morgan fingerprint density at radius 1 is 1.31 bits per heavy atom. The zero-order valence-electron chi connectivity index (χ0n) is 9.10. The third kappa shape index (κ3) is 0.976. The first-order valence-electron chi connectivity index (χ1n) is 5.29. The fourth-order valence-electron chi connectivity index (χ4n) is 2.48. The maximum Gasteiger partial charge on any atom is 0.191 e. The van der Waals surface area contributed by atoms with Crippen LogP contribution in [0.5, 0.6) is 0 Å². The van der Waals surface area contributed by atoms with Gasteiger partial charge in [0.05, 0.1) is 17.8 Å². The van der Waals surface area contributed by atoms with Crippen LogP contribution in [0.1, 0.15) is 13.8 Å². The second-order valence-corrected chi connectivity index (χ2v) is 4.70. The third-order valence-corrected chi connectivity index (χ3v) is 3.64. The second-order valence-electron chi connectivity index (χ2n) is 4.70. The van der Waals surface area contributed by atoms with Gasteiger partial charge in [-0.2, -0.15) is 0 Å². The largest absolute Gasteiger partial charge is 0.487 e. The molecule has 3 aliphatic heterocycles. The lowest BCUT2D eigenvalue weighted by atomic mass is 9.70. The predicted octanol–water partition coefficient (Wildman–Crippen LogP) is 0.771. The van der Waals surface area contributed by atoms with Crippen molar-refractivity contribution in [3.05, 3.63) is 24.0 Å². The summed E-state index contributed by atoms with van der Waals surface area (Å²) in [7, 11) is 0. The van der Waals surface area contributed by atoms with Crippen LogP contribution in [0.25, 0.3) is 0 Å². The Labute approximate surface area is 92.9 Å². The first-order chi connectivity index (χ1) is 7.54. The molecule has 1 fully saturated rings. The van der Waals surface area contributed by atoms with Gasteiger partial charge in [0.25, 0.3) is 0 Å². The molecule has 0 spiro atoms. The highest BCUT2D eigenvalue weighted by Gasteiger charge is 2.57. The van der Waals surface area contributed by atoms with Crippen LogP contribution in [0.3, 0.4) is 0 Å². The molecule has 0 aliphatic carbocycles. The molecule has 84 valence electrons. The summed E-state index contributed by atoms with van der Waals surface area (Å²) in [5.41, 5.74) is -0.0367. The highest BCUT2D eigenvalue weighted by molar-refractivity contribution is 6.06. The summed E-state index contributed by atoms with van der Waals surface area (Å²) in [6, 6.07) is 0. The minimum Gasteiger partial charge on any atom is -0.487 e. The highest BCUT2D eigenvalue weighted by Crippen LogP contribution is 2.43. The number of hydrogen-bond donors (Lipinski definition) is 0. The van der Waals surface area contributed by atoms with Crippen molar-refractivity contribution in [1.82, 2.24) is 0 Å². The molecule has 0 amide bonds. The molecule has 3 aliphatic rings. The van der Waals surface area contributed by atoms with Gasteiger partial charge >= 0.3 is 0 Å². The number of fused-ring (bicyclic) bond motifs is 6. The minimum absolute atomic E-state index is 0.0617. The SMILES string of the molecule is CC1=C[C@@H]2O[C@@H](C1=O)[C@@H]1OC=C[C@@]2(C)C1=O. The predicted molar refractivity (Wildman–Crippen MR) is 54.6 cm³/mol. The Balaban J connectivity index is 2.18. The smallest absolute Gasteiger partial charge is 0.191 e. The topological polar surface area (TPSA) is 52.6 Å². The summed E-state index contributed by atoms with van der Waals surface area (Å²) in [5, 5.41) is 0. The highest BCUT2D eigenvalue weighted by atomic mass is 16.6. The van der Waals surface area contributed by atoms with Crippen LogP contribution >= 0.6 is 0 Å². The van der Waals surface area contributed by atoms with E-state index >= 15 is 0 Å². The van der Waals surface area contributed by atoms with E-state index in [1.165, 1.54) is 6.26 Å². The van der Waals surface area contributed by atoms with Gasteiger partial charge in [0, 0.05) is 0 Å². The number of ketones is 2. The summed E-state index contributed by atoms with van der Waals surface area (Å²) in [4.78, 5) is 24.0. The van der Waals surface area contributed by atoms with Crippen LogP contribution < -0.4 is 0 Å². The third-order valence-electron chi connectivity index (χ3n) is 3.64. The van der Waals surface area contributed by atoms with E-state index in [-0.39, 0.29) is 17.7 Å². The summed E-state index contributed by atoms with van der Waals surface area (Å²) in [6.07, 6.45) is 3.08. The van der Waals surface area contributed by atoms with Crippen molar-refractivity contribution in [3.63, 3.8) is 0 Å². The normalized spacial score (nSPS) is 45.1. The van der Waals surface area contributed by atoms with Gasteiger partial charge in [-0.15, -0.1) is 0 Å². The number of hydrogen-bond acceptors (Lipinski definition) is 4. The molecule has 0 aromatic rings. The van der Waals surface area contributed by atoms with Crippen molar-refractivity contribution in [2.45, 2.75) is 32.2 Å². The maximum atomic E-state index is 12.2. The minimum atomic E-state index is -0.776. The van der Waals surface area contributed by atoms with Gasteiger partial charge < -0.3 is 9.47 Å². The molecule has 4 heteroatoms. The number of Topliss-reactive ketones (excluding diaryl/α,β-unsaturated/α-hetero) is 2. The molecule has 0 N–H and O–H groups in total. The molecule has 0 unspecified atom stereocenters. The average Bonchev–Trinajstić information content (AvgIpc) is 2.24. The second kappa shape index (κ2) is 2.83. The van der Waals surface area contributed by atoms with Crippen LogP contribution in [0.15, 0.2) is 24.0 Å². The number of carbonyl (C=O) groups is 2. The first kappa shape index (κ1) is 9.78. The number of ether oxygens (including phenoxy) is 2. The van der Waals surface area contributed by atoms with E-state index in [0.29, 0.717) is 5.57 Å². The van der Waals surface area contributed by atoms with Gasteiger partial charge in [-0.1, -0.05) is 0 Å². The Kier molecular flexibility index (Phi) is 1.73. The Morgan fingerprint density at radius 2 is 2.06 bits per heavy atom. The molecule has 0 radical (unpaired) electrons. The summed E-state index contributed by atoms with van der Waals surface area (Å²) < 4.78 is 10.8. The van der Waals surface area contributed by atoms with Crippen LogP contribution in [-0.4, -0.2) is 29.9 Å². The Morgan fingerprint density at radius 3 is 2.81 bits per heavy atom. The summed E-state index contributed by atoms with van der Waals surface area (Å²) in [5.74, 6) is -0.208. The van der Waals surface area contributed by atoms with Crippen LogP contribution in [-0.2, 0) is 19.1 Å². The van der Waals surface area contributed by atoms with Crippen molar-refractivity contribution in [2.75, 3.05) is 0 Å². The number of rotatable bonds is 0. The van der Waals surface area contributed by atoms with Crippen LogP contribution in [0.2, 0.25) is 0 Å². The standard InChI is InChI=1S/C12H12O4/c1-6-5-7-12(2)3-4-15-10(11(12)14)9(16-7)8(6)13/h3-5,7,9-10H,1-2H3/t7-,9-,10-,12+/m0/s1. The molecular formula is C12H12O4. The quantitative estimate of drug-likeness (QED) is 0.605. The number of carbonyl (C=O) groups excluding carboxylic acids is 2. The lowest BCUT2D eigenvalue weighted by Gasteiger charge is -2.47. The van der Waals surface area contributed by atoms with E-state index < -0.39 is 17.6 Å². The van der Waals surface area contributed by atoms with Crippen molar-refractivity contribution >= 4 is 11.6 Å². The van der Waals surface area contributed by atoms with E-state index in [0.717, 1.165) is 0 Å². The van der Waals surface area contributed by atoms with E-state index in [2.05, 4.69) is 0 Å². The van der Waals surface area contributed by atoms with Crippen molar-refractivity contribution < 1.29 is 19.1 Å². The van der Waals surface area contributed by atoms with Gasteiger partial charge in [0.2, 0.25) is 0 Å². The fraction of sp³-hybridized carbons (Fsp3) is 0.500. The van der Waals surface area contributed by atoms with Crippen molar-refractivity contribution in [1.29, 1.82) is 0 Å². The molecule has 4 bridgehead atoms. The van der Waals surface area contributed by atoms with Gasteiger partial charge in [-0.05, 0) is 31.6 Å². The summed E-state index contributed by atoms with van der Waals surface area (Å²) in [6.45, 7) is 3.57. The van der Waals surface area contributed by atoms with Crippen molar-refractivity contribution in [2.24, 2.45) is 5.41 Å². The molecule has 4 atom stereocenters. The molecule has 4 nitrogen and oxygen atoms in total. The molecule has 16 heavy (non-hydrogen) atoms. The zero-order chi connectivity index (χ0) is 11.5. The first-order valence-corrected chi connectivity index (χ1v) is 5.29.